The second kappa shape index (κ2) is 10.4. The second-order valence-electron chi connectivity index (χ2n) is 5.19. The van der Waals surface area contributed by atoms with E-state index in [1.54, 1.807) is 13.2 Å². The molecule has 0 atom stereocenters. The molecule has 24 heavy (non-hydrogen) atoms. The van der Waals surface area contributed by atoms with Crippen LogP contribution in [-0.4, -0.2) is 13.7 Å². The van der Waals surface area contributed by atoms with Gasteiger partial charge in [-0.15, -0.1) is 12.4 Å². The summed E-state index contributed by atoms with van der Waals surface area (Å²) in [5.74, 6) is 0.937. The number of benzene rings is 2. The van der Waals surface area contributed by atoms with Gasteiger partial charge in [-0.25, -0.2) is 4.39 Å². The van der Waals surface area contributed by atoms with E-state index < -0.39 is 0 Å². The van der Waals surface area contributed by atoms with Crippen LogP contribution in [0.4, 0.5) is 4.39 Å². The van der Waals surface area contributed by atoms with Crippen LogP contribution in [0, 0.1) is 5.82 Å². The van der Waals surface area contributed by atoms with E-state index in [2.05, 4.69) is 12.2 Å². The van der Waals surface area contributed by atoms with E-state index >= 15 is 0 Å². The quantitative estimate of drug-likeness (QED) is 0.661. The molecule has 0 spiro atoms. The van der Waals surface area contributed by atoms with Crippen molar-refractivity contribution in [1.82, 2.24) is 5.32 Å². The molecule has 2 aromatic rings. The summed E-state index contributed by atoms with van der Waals surface area (Å²) in [5.41, 5.74) is 1.85. The van der Waals surface area contributed by atoms with Crippen molar-refractivity contribution in [3.8, 4) is 11.5 Å². The molecule has 0 radical (unpaired) electrons. The van der Waals surface area contributed by atoms with E-state index in [0.717, 1.165) is 30.6 Å². The Bertz CT molecular complexity index is 653. The summed E-state index contributed by atoms with van der Waals surface area (Å²) in [4.78, 5) is 0. The summed E-state index contributed by atoms with van der Waals surface area (Å²) in [6.45, 7) is 4.14. The van der Waals surface area contributed by atoms with Crippen molar-refractivity contribution in [2.45, 2.75) is 26.5 Å². The van der Waals surface area contributed by atoms with Gasteiger partial charge < -0.3 is 14.8 Å². The zero-order valence-corrected chi connectivity index (χ0v) is 15.3. The van der Waals surface area contributed by atoms with Crippen LogP contribution in [-0.2, 0) is 13.2 Å². The average Bonchev–Trinajstić information content (AvgIpc) is 2.55. The predicted octanol–water partition coefficient (Wildman–Crippen LogP) is 4.99. The fraction of sp³-hybridized carbons (Fsp3) is 0.333. The predicted molar refractivity (Wildman–Crippen MR) is 98.0 cm³/mol. The largest absolute Gasteiger partial charge is 0.493 e. The third kappa shape index (κ3) is 5.86. The highest BCUT2D eigenvalue weighted by molar-refractivity contribution is 6.31. The van der Waals surface area contributed by atoms with Crippen LogP contribution in [0.3, 0.4) is 0 Å². The minimum Gasteiger partial charge on any atom is -0.493 e. The summed E-state index contributed by atoms with van der Waals surface area (Å²) in [6.07, 6.45) is 1.09. The van der Waals surface area contributed by atoms with Gasteiger partial charge in [0.1, 0.15) is 12.4 Å². The summed E-state index contributed by atoms with van der Waals surface area (Å²) in [7, 11) is 1.61. The molecule has 2 aromatic carbocycles. The molecule has 3 nitrogen and oxygen atoms in total. The maximum atomic E-state index is 13.1. The summed E-state index contributed by atoms with van der Waals surface area (Å²) >= 11 is 6.01. The second-order valence-corrected chi connectivity index (χ2v) is 5.59. The van der Waals surface area contributed by atoms with Crippen LogP contribution in [0.15, 0.2) is 36.4 Å². The van der Waals surface area contributed by atoms with Crippen molar-refractivity contribution < 1.29 is 13.9 Å². The molecule has 0 bridgehead atoms. The minimum absolute atomic E-state index is 0. The normalized spacial score (nSPS) is 10.2. The summed E-state index contributed by atoms with van der Waals surface area (Å²) in [5, 5.41) is 3.69. The van der Waals surface area contributed by atoms with Gasteiger partial charge in [-0.2, -0.15) is 0 Å². The van der Waals surface area contributed by atoms with Crippen molar-refractivity contribution >= 4 is 24.0 Å². The monoisotopic (exact) mass is 373 g/mol. The van der Waals surface area contributed by atoms with Gasteiger partial charge in [0, 0.05) is 12.1 Å². The number of hydrogen-bond donors (Lipinski definition) is 1. The van der Waals surface area contributed by atoms with Gasteiger partial charge >= 0.3 is 0 Å². The minimum atomic E-state index is -0.361. The fourth-order valence-electron chi connectivity index (χ4n) is 2.14. The number of ether oxygens (including phenoxy) is 2. The lowest BCUT2D eigenvalue weighted by Gasteiger charge is -2.13. The highest BCUT2D eigenvalue weighted by Gasteiger charge is 2.08. The molecule has 0 unspecified atom stereocenters. The van der Waals surface area contributed by atoms with Crippen LogP contribution in [0.1, 0.15) is 24.5 Å². The van der Waals surface area contributed by atoms with E-state index in [4.69, 9.17) is 21.1 Å². The van der Waals surface area contributed by atoms with E-state index in [-0.39, 0.29) is 24.8 Å². The lowest BCUT2D eigenvalue weighted by molar-refractivity contribution is 0.284. The highest BCUT2D eigenvalue weighted by atomic mass is 35.5. The zero-order valence-electron chi connectivity index (χ0n) is 13.8. The maximum absolute atomic E-state index is 13.1. The van der Waals surface area contributed by atoms with Crippen molar-refractivity contribution in [2.24, 2.45) is 0 Å². The molecule has 0 amide bonds. The standard InChI is InChI=1S/C18H21ClFNO2.ClH/c1-3-8-21-11-13-4-7-17(18(9-13)22-2)23-12-14-5-6-15(20)10-16(14)19;/h4-7,9-10,21H,3,8,11-12H2,1-2H3;1H. The number of hydrogen-bond acceptors (Lipinski definition) is 3. The first-order chi connectivity index (χ1) is 11.1. The molecular formula is C18H22Cl2FNO2. The van der Waals surface area contributed by atoms with Crippen LogP contribution >= 0.6 is 24.0 Å². The Morgan fingerprint density at radius 2 is 1.92 bits per heavy atom. The van der Waals surface area contributed by atoms with Crippen LogP contribution in [0.5, 0.6) is 11.5 Å². The van der Waals surface area contributed by atoms with Gasteiger partial charge in [0.05, 0.1) is 12.1 Å². The van der Waals surface area contributed by atoms with Crippen LogP contribution in [0.25, 0.3) is 0 Å². The third-order valence-electron chi connectivity index (χ3n) is 3.38. The molecule has 1 N–H and O–H groups in total. The smallest absolute Gasteiger partial charge is 0.161 e. The molecule has 0 aromatic heterocycles. The van der Waals surface area contributed by atoms with Crippen molar-refractivity contribution in [3.63, 3.8) is 0 Å². The number of nitrogens with one attached hydrogen (secondary N) is 1. The van der Waals surface area contributed by atoms with Gasteiger partial charge in [0.15, 0.2) is 11.5 Å². The first-order valence-corrected chi connectivity index (χ1v) is 7.96. The number of rotatable bonds is 8. The molecule has 0 saturated heterocycles. The summed E-state index contributed by atoms with van der Waals surface area (Å²) < 4.78 is 24.2. The van der Waals surface area contributed by atoms with Gasteiger partial charge in [0.2, 0.25) is 0 Å². The molecular weight excluding hydrogens is 352 g/mol. The number of halogens is 3. The van der Waals surface area contributed by atoms with Gasteiger partial charge in [-0.3, -0.25) is 0 Å². The Labute approximate surface area is 153 Å². The van der Waals surface area contributed by atoms with E-state index in [9.17, 15) is 4.39 Å². The molecule has 6 heteroatoms. The number of methoxy groups -OCH3 is 1. The van der Waals surface area contributed by atoms with Crippen LogP contribution < -0.4 is 14.8 Å². The molecule has 0 fully saturated rings. The fourth-order valence-corrected chi connectivity index (χ4v) is 2.37. The first kappa shape index (κ1) is 20.6. The average molecular weight is 374 g/mol. The first-order valence-electron chi connectivity index (χ1n) is 7.58. The third-order valence-corrected chi connectivity index (χ3v) is 3.73. The Morgan fingerprint density at radius 1 is 1.12 bits per heavy atom. The molecule has 0 heterocycles. The maximum Gasteiger partial charge on any atom is 0.161 e. The Kier molecular flexibility index (Phi) is 8.90. The summed E-state index contributed by atoms with van der Waals surface area (Å²) in [6, 6.07) is 10.1. The Balaban J connectivity index is 0.00000288. The molecule has 132 valence electrons. The lowest BCUT2D eigenvalue weighted by atomic mass is 10.2. The van der Waals surface area contributed by atoms with Crippen molar-refractivity contribution in [2.75, 3.05) is 13.7 Å². The zero-order chi connectivity index (χ0) is 16.7. The van der Waals surface area contributed by atoms with Gasteiger partial charge in [-0.1, -0.05) is 30.7 Å². The molecule has 0 aliphatic rings. The Hall–Kier alpha value is -1.49. The SMILES string of the molecule is CCCNCc1ccc(OCc2ccc(F)cc2Cl)c(OC)c1.Cl. The van der Waals surface area contributed by atoms with Gasteiger partial charge in [-0.05, 0) is 42.8 Å². The molecule has 0 aliphatic carbocycles. The van der Waals surface area contributed by atoms with E-state index in [0.29, 0.717) is 16.5 Å². The topological polar surface area (TPSA) is 30.5 Å². The van der Waals surface area contributed by atoms with Gasteiger partial charge in [0.25, 0.3) is 0 Å². The Morgan fingerprint density at radius 3 is 2.58 bits per heavy atom. The van der Waals surface area contributed by atoms with E-state index in [1.807, 2.05) is 18.2 Å². The lowest BCUT2D eigenvalue weighted by Crippen LogP contribution is -2.13. The van der Waals surface area contributed by atoms with E-state index in [1.165, 1.54) is 12.1 Å². The highest BCUT2D eigenvalue weighted by Crippen LogP contribution is 2.29. The molecule has 0 saturated carbocycles. The molecule has 0 aliphatic heterocycles. The molecule has 2 rings (SSSR count). The van der Waals surface area contributed by atoms with Crippen LogP contribution in [0.2, 0.25) is 5.02 Å². The van der Waals surface area contributed by atoms with Crippen molar-refractivity contribution in [1.29, 1.82) is 0 Å². The van der Waals surface area contributed by atoms with Crippen molar-refractivity contribution in [3.05, 3.63) is 58.4 Å².